The van der Waals surface area contributed by atoms with Crippen molar-refractivity contribution in [3.8, 4) is 0 Å². The number of hydrogen-bond donors (Lipinski definition) is 1. The highest BCUT2D eigenvalue weighted by Crippen LogP contribution is 2.35. The van der Waals surface area contributed by atoms with E-state index in [2.05, 4.69) is 10.2 Å². The summed E-state index contributed by atoms with van der Waals surface area (Å²) >= 11 is 0. The molecule has 3 rings (SSSR count). The van der Waals surface area contributed by atoms with Crippen LogP contribution >= 0.6 is 0 Å². The van der Waals surface area contributed by atoms with Gasteiger partial charge in [0.1, 0.15) is 5.82 Å². The third kappa shape index (κ3) is 3.08. The molecule has 0 amide bonds. The smallest absolute Gasteiger partial charge is 0.125 e. The highest BCUT2D eigenvalue weighted by atomic mass is 19.1. The molecule has 104 valence electrons. The highest BCUT2D eigenvalue weighted by molar-refractivity contribution is 5.42. The number of benzene rings is 1. The van der Waals surface area contributed by atoms with Gasteiger partial charge < -0.3 is 5.32 Å². The van der Waals surface area contributed by atoms with Crippen LogP contribution in [0.1, 0.15) is 32.1 Å². The minimum Gasteiger partial charge on any atom is -0.384 e. The summed E-state index contributed by atoms with van der Waals surface area (Å²) < 4.78 is 13.1. The molecule has 0 radical (unpaired) electrons. The van der Waals surface area contributed by atoms with Gasteiger partial charge in [0.15, 0.2) is 0 Å². The Bertz CT molecular complexity index is 421. The van der Waals surface area contributed by atoms with E-state index in [9.17, 15) is 4.39 Å². The van der Waals surface area contributed by atoms with Crippen molar-refractivity contribution in [1.29, 1.82) is 0 Å². The van der Waals surface area contributed by atoms with Gasteiger partial charge >= 0.3 is 0 Å². The number of likely N-dealkylation sites (tertiary alicyclic amines) is 1. The summed E-state index contributed by atoms with van der Waals surface area (Å²) in [7, 11) is 0. The van der Waals surface area contributed by atoms with Gasteiger partial charge in [0.25, 0.3) is 0 Å². The fourth-order valence-corrected chi connectivity index (χ4v) is 3.72. The Balaban J connectivity index is 1.47. The summed E-state index contributed by atoms with van der Waals surface area (Å²) in [5.74, 6) is 0.779. The van der Waals surface area contributed by atoms with Gasteiger partial charge in [-0.05, 0) is 49.9 Å². The van der Waals surface area contributed by atoms with Crippen LogP contribution in [0.5, 0.6) is 0 Å². The number of nitrogens with zero attached hydrogens (tertiary/aromatic N) is 1. The van der Waals surface area contributed by atoms with Gasteiger partial charge in [0.2, 0.25) is 0 Å². The normalized spacial score (nSPS) is 27.2. The van der Waals surface area contributed by atoms with Gasteiger partial charge in [-0.25, -0.2) is 4.39 Å². The van der Waals surface area contributed by atoms with Gasteiger partial charge in [-0.1, -0.05) is 18.9 Å². The zero-order chi connectivity index (χ0) is 13.1. The van der Waals surface area contributed by atoms with Crippen molar-refractivity contribution in [2.75, 3.05) is 25.0 Å². The number of anilines is 1. The van der Waals surface area contributed by atoms with E-state index in [4.69, 9.17) is 0 Å². The van der Waals surface area contributed by atoms with Crippen molar-refractivity contribution in [3.05, 3.63) is 30.1 Å². The molecule has 1 aromatic rings. The largest absolute Gasteiger partial charge is 0.384 e. The first-order valence-electron chi connectivity index (χ1n) is 7.56. The van der Waals surface area contributed by atoms with Crippen molar-refractivity contribution in [2.45, 2.75) is 38.1 Å². The molecule has 2 atom stereocenters. The molecule has 3 heteroatoms. The van der Waals surface area contributed by atoms with Crippen LogP contribution in [0.3, 0.4) is 0 Å². The molecule has 1 saturated carbocycles. The third-order valence-electron chi connectivity index (χ3n) is 4.68. The lowest BCUT2D eigenvalue weighted by Gasteiger charge is -2.31. The predicted molar refractivity (Wildman–Crippen MR) is 76.8 cm³/mol. The Morgan fingerprint density at radius 1 is 1.21 bits per heavy atom. The number of halogens is 1. The summed E-state index contributed by atoms with van der Waals surface area (Å²) in [6, 6.07) is 7.55. The van der Waals surface area contributed by atoms with Crippen LogP contribution in [0.15, 0.2) is 24.3 Å². The van der Waals surface area contributed by atoms with E-state index in [0.29, 0.717) is 0 Å². The van der Waals surface area contributed by atoms with E-state index in [1.54, 1.807) is 12.1 Å². The molecular weight excluding hydrogens is 239 g/mol. The molecule has 2 fully saturated rings. The van der Waals surface area contributed by atoms with Crippen molar-refractivity contribution in [2.24, 2.45) is 5.92 Å². The van der Waals surface area contributed by atoms with Crippen molar-refractivity contribution in [1.82, 2.24) is 4.90 Å². The van der Waals surface area contributed by atoms with E-state index >= 15 is 0 Å². The first-order chi connectivity index (χ1) is 9.33. The molecule has 19 heavy (non-hydrogen) atoms. The van der Waals surface area contributed by atoms with Gasteiger partial charge in [-0.2, -0.15) is 0 Å². The van der Waals surface area contributed by atoms with Crippen LogP contribution in [-0.2, 0) is 0 Å². The van der Waals surface area contributed by atoms with E-state index in [1.807, 2.05) is 6.07 Å². The van der Waals surface area contributed by atoms with Gasteiger partial charge in [0, 0.05) is 24.8 Å². The maximum atomic E-state index is 13.1. The second kappa shape index (κ2) is 5.91. The predicted octanol–water partition coefficient (Wildman–Crippen LogP) is 3.50. The van der Waals surface area contributed by atoms with Crippen molar-refractivity contribution < 1.29 is 4.39 Å². The average molecular weight is 262 g/mol. The number of rotatable bonds is 4. The maximum Gasteiger partial charge on any atom is 0.125 e. The molecule has 1 saturated heterocycles. The summed E-state index contributed by atoms with van der Waals surface area (Å²) in [4.78, 5) is 2.64. The molecule has 0 bridgehead atoms. The maximum absolute atomic E-state index is 13.1. The van der Waals surface area contributed by atoms with E-state index < -0.39 is 0 Å². The zero-order valence-electron chi connectivity index (χ0n) is 11.4. The average Bonchev–Trinajstić information content (AvgIpc) is 2.83. The van der Waals surface area contributed by atoms with Crippen LogP contribution in [0.2, 0.25) is 0 Å². The minimum absolute atomic E-state index is 0.168. The van der Waals surface area contributed by atoms with Crippen LogP contribution in [0, 0.1) is 11.7 Å². The molecule has 0 aromatic heterocycles. The van der Waals surface area contributed by atoms with Crippen LogP contribution in [0.25, 0.3) is 0 Å². The molecule has 1 aromatic carbocycles. The summed E-state index contributed by atoms with van der Waals surface area (Å²) in [6.45, 7) is 3.24. The lowest BCUT2D eigenvalue weighted by Crippen LogP contribution is -2.37. The minimum atomic E-state index is -0.168. The van der Waals surface area contributed by atoms with Crippen molar-refractivity contribution in [3.63, 3.8) is 0 Å². The molecule has 1 aliphatic heterocycles. The van der Waals surface area contributed by atoms with Crippen LogP contribution < -0.4 is 5.32 Å². The molecule has 1 aliphatic carbocycles. The van der Waals surface area contributed by atoms with Gasteiger partial charge in [-0.15, -0.1) is 0 Å². The second-order valence-corrected chi connectivity index (χ2v) is 5.87. The van der Waals surface area contributed by atoms with Gasteiger partial charge in [0.05, 0.1) is 0 Å². The first-order valence-corrected chi connectivity index (χ1v) is 7.56. The number of fused-ring (bicyclic) bond motifs is 1. The van der Waals surface area contributed by atoms with Crippen LogP contribution in [-0.4, -0.2) is 30.6 Å². The third-order valence-corrected chi connectivity index (χ3v) is 4.68. The molecule has 1 heterocycles. The fraction of sp³-hybridized carbons (Fsp3) is 0.625. The molecule has 0 spiro atoms. The molecule has 2 unspecified atom stereocenters. The molecule has 1 N–H and O–H groups in total. The fourth-order valence-electron chi connectivity index (χ4n) is 3.72. The molecular formula is C16H23FN2. The monoisotopic (exact) mass is 262 g/mol. The van der Waals surface area contributed by atoms with E-state index in [1.165, 1.54) is 44.7 Å². The van der Waals surface area contributed by atoms with E-state index in [-0.39, 0.29) is 5.82 Å². The number of hydrogen-bond acceptors (Lipinski definition) is 2. The van der Waals surface area contributed by atoms with E-state index in [0.717, 1.165) is 30.7 Å². The van der Waals surface area contributed by atoms with Gasteiger partial charge in [-0.3, -0.25) is 4.90 Å². The number of nitrogens with one attached hydrogen (secondary N) is 1. The summed E-state index contributed by atoms with van der Waals surface area (Å²) in [6.07, 6.45) is 7.01. The Kier molecular flexibility index (Phi) is 4.02. The Morgan fingerprint density at radius 2 is 2.11 bits per heavy atom. The first kappa shape index (κ1) is 12.9. The Labute approximate surface area is 115 Å². The molecule has 2 nitrogen and oxygen atoms in total. The zero-order valence-corrected chi connectivity index (χ0v) is 11.4. The topological polar surface area (TPSA) is 15.3 Å². The van der Waals surface area contributed by atoms with Crippen molar-refractivity contribution >= 4 is 5.69 Å². The second-order valence-electron chi connectivity index (χ2n) is 5.87. The summed E-state index contributed by atoms with van der Waals surface area (Å²) in [5.41, 5.74) is 0.888. The lowest BCUT2D eigenvalue weighted by molar-refractivity contribution is 0.188. The Hall–Kier alpha value is -1.09. The standard InChI is InChI=1S/C16H23FN2/c17-14-5-3-6-15(12-14)18-9-11-19-10-8-13-4-1-2-7-16(13)19/h3,5-6,12-13,16,18H,1-2,4,7-11H2. The lowest BCUT2D eigenvalue weighted by atomic mass is 9.85. The highest BCUT2D eigenvalue weighted by Gasteiger charge is 2.34. The Morgan fingerprint density at radius 3 is 3.00 bits per heavy atom. The SMILES string of the molecule is Fc1cccc(NCCN2CCC3CCCCC32)c1. The molecule has 2 aliphatic rings. The summed E-state index contributed by atoms with van der Waals surface area (Å²) in [5, 5.41) is 3.33. The van der Waals surface area contributed by atoms with Crippen LogP contribution in [0.4, 0.5) is 10.1 Å². The quantitative estimate of drug-likeness (QED) is 0.893.